The molecule has 5 nitrogen and oxygen atoms in total. The molecule has 1 N–H and O–H groups in total. The molecule has 0 bridgehead atoms. The van der Waals surface area contributed by atoms with Gasteiger partial charge in [-0.25, -0.2) is 9.59 Å². The van der Waals surface area contributed by atoms with Crippen molar-refractivity contribution in [3.8, 4) is 0 Å². The molecule has 1 aromatic rings. The van der Waals surface area contributed by atoms with E-state index in [1.54, 1.807) is 34.1 Å². The summed E-state index contributed by atoms with van der Waals surface area (Å²) in [5, 5.41) is 8.80. The van der Waals surface area contributed by atoms with Crippen molar-refractivity contribution in [1.82, 2.24) is 9.80 Å². The topological polar surface area (TPSA) is 60.9 Å². The number of amides is 2. The van der Waals surface area contributed by atoms with Crippen molar-refractivity contribution in [1.29, 1.82) is 0 Å². The second-order valence-corrected chi connectivity index (χ2v) is 4.29. The third-order valence-electron chi connectivity index (χ3n) is 3.14. The first-order valence-electron chi connectivity index (χ1n) is 5.98. The van der Waals surface area contributed by atoms with E-state index in [-0.39, 0.29) is 11.6 Å². The van der Waals surface area contributed by atoms with Crippen molar-refractivity contribution < 1.29 is 14.7 Å². The summed E-state index contributed by atoms with van der Waals surface area (Å²) >= 11 is 0. The van der Waals surface area contributed by atoms with Gasteiger partial charge in [-0.15, -0.1) is 0 Å². The van der Waals surface area contributed by atoms with E-state index in [1.165, 1.54) is 0 Å². The van der Waals surface area contributed by atoms with Gasteiger partial charge in [-0.1, -0.05) is 12.1 Å². The van der Waals surface area contributed by atoms with Crippen LogP contribution in [0.15, 0.2) is 24.3 Å². The van der Waals surface area contributed by atoms with Gasteiger partial charge in [0.05, 0.1) is 5.56 Å². The molecule has 1 fully saturated rings. The first-order valence-corrected chi connectivity index (χ1v) is 5.98. The van der Waals surface area contributed by atoms with Gasteiger partial charge in [0.2, 0.25) is 0 Å². The number of likely N-dealkylation sites (N-methyl/N-ethyl adjacent to an activating group) is 1. The van der Waals surface area contributed by atoms with Gasteiger partial charge in [0.15, 0.2) is 0 Å². The Kier molecular flexibility index (Phi) is 3.50. The monoisotopic (exact) mass is 248 g/mol. The Hall–Kier alpha value is -2.04. The standard InChI is InChI=1S/C13H16N2O3/c1-2-14-7-8-15(13(14)18)9-10-3-5-11(6-4-10)12(16)17/h3-6H,2,7-9H2,1H3,(H,16,17). The van der Waals surface area contributed by atoms with Crippen LogP contribution in [0.1, 0.15) is 22.8 Å². The highest BCUT2D eigenvalue weighted by Gasteiger charge is 2.26. The Bertz CT molecular complexity index is 456. The summed E-state index contributed by atoms with van der Waals surface area (Å²) in [7, 11) is 0. The zero-order chi connectivity index (χ0) is 13.1. The average molecular weight is 248 g/mol. The molecular formula is C13H16N2O3. The number of urea groups is 1. The molecule has 0 spiro atoms. The van der Waals surface area contributed by atoms with Crippen molar-refractivity contribution in [2.75, 3.05) is 19.6 Å². The van der Waals surface area contributed by atoms with Crippen LogP contribution in [0.2, 0.25) is 0 Å². The molecule has 1 aliphatic heterocycles. The van der Waals surface area contributed by atoms with Crippen molar-refractivity contribution in [3.63, 3.8) is 0 Å². The number of carboxylic acid groups (broad SMARTS) is 1. The Morgan fingerprint density at radius 1 is 1.22 bits per heavy atom. The second-order valence-electron chi connectivity index (χ2n) is 4.29. The van der Waals surface area contributed by atoms with Gasteiger partial charge in [-0.3, -0.25) is 0 Å². The summed E-state index contributed by atoms with van der Waals surface area (Å²) in [4.78, 5) is 26.2. The highest BCUT2D eigenvalue weighted by molar-refractivity contribution is 5.87. The highest BCUT2D eigenvalue weighted by Crippen LogP contribution is 2.13. The third-order valence-corrected chi connectivity index (χ3v) is 3.14. The lowest BCUT2D eigenvalue weighted by Crippen LogP contribution is -2.31. The zero-order valence-electron chi connectivity index (χ0n) is 10.3. The number of carboxylic acids is 1. The maximum absolute atomic E-state index is 11.9. The molecule has 2 rings (SSSR count). The van der Waals surface area contributed by atoms with E-state index in [0.29, 0.717) is 6.54 Å². The van der Waals surface area contributed by atoms with Crippen molar-refractivity contribution in [3.05, 3.63) is 35.4 Å². The molecule has 1 aromatic carbocycles. The molecule has 1 heterocycles. The van der Waals surface area contributed by atoms with E-state index < -0.39 is 5.97 Å². The van der Waals surface area contributed by atoms with Crippen LogP contribution in [-0.4, -0.2) is 46.5 Å². The fraction of sp³-hybridized carbons (Fsp3) is 0.385. The number of aromatic carboxylic acids is 1. The molecule has 2 amide bonds. The molecule has 96 valence electrons. The molecule has 18 heavy (non-hydrogen) atoms. The normalized spacial score (nSPS) is 15.3. The quantitative estimate of drug-likeness (QED) is 0.881. The number of benzene rings is 1. The highest BCUT2D eigenvalue weighted by atomic mass is 16.4. The van der Waals surface area contributed by atoms with Crippen LogP contribution in [0.25, 0.3) is 0 Å². The number of nitrogens with zero attached hydrogens (tertiary/aromatic N) is 2. The Morgan fingerprint density at radius 3 is 2.33 bits per heavy atom. The van der Waals surface area contributed by atoms with Gasteiger partial charge in [-0.2, -0.15) is 0 Å². The van der Waals surface area contributed by atoms with Gasteiger partial charge in [0.1, 0.15) is 0 Å². The Labute approximate surface area is 106 Å². The third kappa shape index (κ3) is 2.45. The summed E-state index contributed by atoms with van der Waals surface area (Å²) in [5.41, 5.74) is 1.22. The predicted molar refractivity (Wildman–Crippen MR) is 66.5 cm³/mol. The summed E-state index contributed by atoms with van der Waals surface area (Å²) in [6.45, 7) is 4.72. The largest absolute Gasteiger partial charge is 0.478 e. The van der Waals surface area contributed by atoms with E-state index in [1.807, 2.05) is 6.92 Å². The molecule has 0 aromatic heterocycles. The Balaban J connectivity index is 2.02. The van der Waals surface area contributed by atoms with E-state index in [2.05, 4.69) is 0 Å². The smallest absolute Gasteiger partial charge is 0.335 e. The van der Waals surface area contributed by atoms with Crippen LogP contribution in [0.4, 0.5) is 4.79 Å². The summed E-state index contributed by atoms with van der Waals surface area (Å²) in [6.07, 6.45) is 0. The van der Waals surface area contributed by atoms with E-state index in [9.17, 15) is 9.59 Å². The van der Waals surface area contributed by atoms with Crippen LogP contribution in [0.5, 0.6) is 0 Å². The number of hydrogen-bond acceptors (Lipinski definition) is 2. The first kappa shape index (κ1) is 12.4. The number of rotatable bonds is 4. The predicted octanol–water partition coefficient (Wildman–Crippen LogP) is 1.64. The van der Waals surface area contributed by atoms with Crippen LogP contribution in [0.3, 0.4) is 0 Å². The van der Waals surface area contributed by atoms with Crippen LogP contribution >= 0.6 is 0 Å². The lowest BCUT2D eigenvalue weighted by atomic mass is 10.1. The van der Waals surface area contributed by atoms with Crippen LogP contribution in [0, 0.1) is 0 Å². The Morgan fingerprint density at radius 2 is 1.83 bits per heavy atom. The van der Waals surface area contributed by atoms with E-state index >= 15 is 0 Å². The second kappa shape index (κ2) is 5.08. The van der Waals surface area contributed by atoms with Gasteiger partial charge < -0.3 is 14.9 Å². The molecule has 0 saturated carbocycles. The van der Waals surface area contributed by atoms with Crippen molar-refractivity contribution in [2.45, 2.75) is 13.5 Å². The minimum absolute atomic E-state index is 0.0554. The summed E-state index contributed by atoms with van der Waals surface area (Å²) < 4.78 is 0. The zero-order valence-corrected chi connectivity index (χ0v) is 10.3. The van der Waals surface area contributed by atoms with E-state index in [0.717, 1.165) is 25.2 Å². The minimum Gasteiger partial charge on any atom is -0.478 e. The molecular weight excluding hydrogens is 232 g/mol. The fourth-order valence-corrected chi connectivity index (χ4v) is 2.05. The van der Waals surface area contributed by atoms with E-state index in [4.69, 9.17) is 5.11 Å². The number of carbonyl (C=O) groups is 2. The molecule has 0 aliphatic carbocycles. The summed E-state index contributed by atoms with van der Waals surface area (Å²) in [6, 6.07) is 6.70. The maximum Gasteiger partial charge on any atom is 0.335 e. The number of hydrogen-bond donors (Lipinski definition) is 1. The first-order chi connectivity index (χ1) is 8.61. The van der Waals surface area contributed by atoms with Crippen LogP contribution < -0.4 is 0 Å². The molecule has 1 aliphatic rings. The SMILES string of the molecule is CCN1CCN(Cc2ccc(C(=O)O)cc2)C1=O. The van der Waals surface area contributed by atoms with Gasteiger partial charge in [0.25, 0.3) is 0 Å². The summed E-state index contributed by atoms with van der Waals surface area (Å²) in [5.74, 6) is -0.934. The van der Waals surface area contributed by atoms with Crippen molar-refractivity contribution >= 4 is 12.0 Å². The molecule has 0 radical (unpaired) electrons. The fourth-order valence-electron chi connectivity index (χ4n) is 2.05. The van der Waals surface area contributed by atoms with Crippen molar-refractivity contribution in [2.24, 2.45) is 0 Å². The maximum atomic E-state index is 11.9. The molecule has 1 saturated heterocycles. The van der Waals surface area contributed by atoms with Gasteiger partial charge in [-0.05, 0) is 24.6 Å². The minimum atomic E-state index is -0.934. The number of carbonyl (C=O) groups excluding carboxylic acids is 1. The lowest BCUT2D eigenvalue weighted by Gasteiger charge is -2.17. The molecule has 5 heteroatoms. The van der Waals surface area contributed by atoms with Gasteiger partial charge >= 0.3 is 12.0 Å². The van der Waals surface area contributed by atoms with Crippen LogP contribution in [-0.2, 0) is 6.54 Å². The average Bonchev–Trinajstić information content (AvgIpc) is 2.71. The lowest BCUT2D eigenvalue weighted by molar-refractivity contribution is 0.0697. The molecule has 0 atom stereocenters. The molecule has 0 unspecified atom stereocenters. The van der Waals surface area contributed by atoms with Gasteiger partial charge in [0, 0.05) is 26.2 Å².